The quantitative estimate of drug-likeness (QED) is 0.268. The highest BCUT2D eigenvalue weighted by atomic mass is 16.5. The first-order valence-corrected chi connectivity index (χ1v) is 8.90. The topological polar surface area (TPSA) is 89.4 Å². The first-order chi connectivity index (χ1) is 11.8. The summed E-state index contributed by atoms with van der Waals surface area (Å²) in [6.45, 7) is 9.66. The zero-order valence-electron chi connectivity index (χ0n) is 14.8. The zero-order valence-corrected chi connectivity index (χ0v) is 14.8. The van der Waals surface area contributed by atoms with Crippen molar-refractivity contribution in [2.24, 2.45) is 0 Å². The molecule has 7 heteroatoms. The van der Waals surface area contributed by atoms with Gasteiger partial charge in [-0.15, -0.1) is 0 Å². The first kappa shape index (κ1) is 20.4. The summed E-state index contributed by atoms with van der Waals surface area (Å²) < 4.78 is 5.45. The van der Waals surface area contributed by atoms with Crippen molar-refractivity contribution < 1.29 is 9.53 Å². The molecule has 1 fully saturated rings. The minimum Gasteiger partial charge on any atom is -0.390 e. The van der Waals surface area contributed by atoms with Gasteiger partial charge >= 0.3 is 0 Å². The number of nitriles is 1. The van der Waals surface area contributed by atoms with E-state index in [4.69, 9.17) is 10.00 Å². The third kappa shape index (κ3) is 9.50. The van der Waals surface area contributed by atoms with Gasteiger partial charge in [0.15, 0.2) is 0 Å². The molecule has 0 unspecified atom stereocenters. The van der Waals surface area contributed by atoms with Crippen LogP contribution in [0.5, 0.6) is 0 Å². The van der Waals surface area contributed by atoms with Crippen molar-refractivity contribution in [3.05, 3.63) is 11.8 Å². The highest BCUT2D eigenvalue weighted by molar-refractivity contribution is 5.97. The van der Waals surface area contributed by atoms with Crippen LogP contribution in [0, 0.1) is 11.3 Å². The van der Waals surface area contributed by atoms with Crippen molar-refractivity contribution in [2.45, 2.75) is 26.2 Å². The summed E-state index contributed by atoms with van der Waals surface area (Å²) in [5.41, 5.74) is 0.113. The highest BCUT2D eigenvalue weighted by Crippen LogP contribution is 1.93. The summed E-state index contributed by atoms with van der Waals surface area (Å²) in [5, 5.41) is 18.2. The fraction of sp³-hybridized carbons (Fsp3) is 0.765. The molecule has 1 aliphatic rings. The minimum absolute atomic E-state index is 0.113. The molecule has 0 atom stereocenters. The Morgan fingerprint density at radius 2 is 2.04 bits per heavy atom. The van der Waals surface area contributed by atoms with Gasteiger partial charge in [-0.3, -0.25) is 9.69 Å². The maximum atomic E-state index is 12.0. The van der Waals surface area contributed by atoms with E-state index in [0.29, 0.717) is 19.7 Å². The summed E-state index contributed by atoms with van der Waals surface area (Å²) >= 11 is 0. The Labute approximate surface area is 145 Å². The summed E-state index contributed by atoms with van der Waals surface area (Å²) in [7, 11) is 0. The van der Waals surface area contributed by atoms with E-state index >= 15 is 0 Å². The lowest BCUT2D eigenvalue weighted by molar-refractivity contribution is -0.117. The first-order valence-electron chi connectivity index (χ1n) is 8.90. The molecule has 1 heterocycles. The number of carbonyl (C=O) groups is 1. The fourth-order valence-corrected chi connectivity index (χ4v) is 2.31. The summed E-state index contributed by atoms with van der Waals surface area (Å²) in [5.74, 6) is -0.320. The van der Waals surface area contributed by atoms with Gasteiger partial charge in [-0.2, -0.15) is 5.26 Å². The predicted molar refractivity (Wildman–Crippen MR) is 94.4 cm³/mol. The van der Waals surface area contributed by atoms with Crippen LogP contribution in [-0.4, -0.2) is 69.8 Å². The van der Waals surface area contributed by atoms with E-state index in [-0.39, 0.29) is 11.5 Å². The maximum absolute atomic E-state index is 12.0. The van der Waals surface area contributed by atoms with Crippen molar-refractivity contribution in [3.8, 4) is 6.07 Å². The number of nitrogens with one attached hydrogen (secondary N) is 3. The fourth-order valence-electron chi connectivity index (χ4n) is 2.31. The number of piperazine rings is 1. The molecule has 0 aliphatic carbocycles. The van der Waals surface area contributed by atoms with Crippen LogP contribution >= 0.6 is 0 Å². The molecular formula is C17H31N5O2. The van der Waals surface area contributed by atoms with E-state index in [2.05, 4.69) is 27.8 Å². The summed E-state index contributed by atoms with van der Waals surface area (Å²) in [6, 6.07) is 1.94. The van der Waals surface area contributed by atoms with Crippen LogP contribution in [0.25, 0.3) is 0 Å². The molecular weight excluding hydrogens is 306 g/mol. The maximum Gasteiger partial charge on any atom is 0.263 e. The lowest BCUT2D eigenvalue weighted by Crippen LogP contribution is -2.46. The molecule has 0 spiro atoms. The van der Waals surface area contributed by atoms with Gasteiger partial charge in [-0.05, 0) is 12.8 Å². The Bertz CT molecular complexity index is 414. The lowest BCUT2D eigenvalue weighted by Gasteiger charge is -2.27. The monoisotopic (exact) mass is 337 g/mol. The molecule has 1 rings (SSSR count). The average Bonchev–Trinajstić information content (AvgIpc) is 2.61. The second-order valence-corrected chi connectivity index (χ2v) is 5.79. The number of hydrogen-bond donors (Lipinski definition) is 3. The molecule has 3 N–H and O–H groups in total. The van der Waals surface area contributed by atoms with Gasteiger partial charge in [0.05, 0.1) is 0 Å². The van der Waals surface area contributed by atoms with E-state index in [0.717, 1.165) is 58.6 Å². The Kier molecular flexibility index (Phi) is 11.7. The molecule has 1 aliphatic heterocycles. The standard InChI is InChI=1S/C17H31N5O2/c1-2-3-12-24-13-4-5-20-15-16(14-18)17(23)21-8-11-22-9-6-19-7-10-22/h15,19-20H,2-13H2,1H3,(H,21,23)/b16-15-. The number of amides is 1. The molecule has 7 nitrogen and oxygen atoms in total. The molecule has 0 aromatic heterocycles. The number of carbonyl (C=O) groups excluding carboxylic acids is 1. The largest absolute Gasteiger partial charge is 0.390 e. The lowest BCUT2D eigenvalue weighted by atomic mass is 10.3. The van der Waals surface area contributed by atoms with E-state index < -0.39 is 0 Å². The van der Waals surface area contributed by atoms with Gasteiger partial charge in [0.25, 0.3) is 5.91 Å². The summed E-state index contributed by atoms with van der Waals surface area (Å²) in [4.78, 5) is 14.3. The normalized spacial score (nSPS) is 15.8. The number of rotatable bonds is 12. The van der Waals surface area contributed by atoms with Crippen LogP contribution in [0.15, 0.2) is 11.8 Å². The van der Waals surface area contributed by atoms with Gasteiger partial charge in [-0.25, -0.2) is 0 Å². The SMILES string of the molecule is CCCCOCCCN/C=C(/C#N)C(=O)NCCN1CCNCC1. The zero-order chi connectivity index (χ0) is 17.5. The molecule has 1 amide bonds. The van der Waals surface area contributed by atoms with Gasteiger partial charge < -0.3 is 20.7 Å². The van der Waals surface area contributed by atoms with Gasteiger partial charge in [0.1, 0.15) is 11.6 Å². The predicted octanol–water partition coefficient (Wildman–Crippen LogP) is 0.212. The van der Waals surface area contributed by atoms with E-state index in [1.54, 1.807) is 0 Å². The van der Waals surface area contributed by atoms with Crippen LogP contribution in [0.3, 0.4) is 0 Å². The molecule has 0 aromatic rings. The second kappa shape index (κ2) is 13.8. The molecule has 0 radical (unpaired) electrons. The molecule has 136 valence electrons. The third-order valence-corrected chi connectivity index (χ3v) is 3.79. The van der Waals surface area contributed by atoms with E-state index in [1.807, 2.05) is 6.07 Å². The van der Waals surface area contributed by atoms with Crippen LogP contribution in [-0.2, 0) is 9.53 Å². The van der Waals surface area contributed by atoms with Crippen LogP contribution in [0.1, 0.15) is 26.2 Å². The Hall–Kier alpha value is -1.62. The van der Waals surface area contributed by atoms with Crippen LogP contribution in [0.2, 0.25) is 0 Å². The van der Waals surface area contributed by atoms with Crippen LogP contribution in [0.4, 0.5) is 0 Å². The highest BCUT2D eigenvalue weighted by Gasteiger charge is 2.11. The molecule has 0 bridgehead atoms. The average molecular weight is 337 g/mol. The van der Waals surface area contributed by atoms with Crippen molar-refractivity contribution in [3.63, 3.8) is 0 Å². The van der Waals surface area contributed by atoms with Crippen molar-refractivity contribution in [1.82, 2.24) is 20.9 Å². The van der Waals surface area contributed by atoms with Crippen molar-refractivity contribution >= 4 is 5.91 Å². The Balaban J connectivity index is 2.12. The Morgan fingerprint density at radius 1 is 1.29 bits per heavy atom. The smallest absolute Gasteiger partial charge is 0.263 e. The summed E-state index contributed by atoms with van der Waals surface area (Å²) in [6.07, 6.45) is 4.56. The van der Waals surface area contributed by atoms with Gasteiger partial charge in [0.2, 0.25) is 0 Å². The van der Waals surface area contributed by atoms with E-state index in [1.165, 1.54) is 6.20 Å². The Morgan fingerprint density at radius 3 is 2.75 bits per heavy atom. The number of ether oxygens (including phenoxy) is 1. The minimum atomic E-state index is -0.320. The van der Waals surface area contributed by atoms with Crippen LogP contribution < -0.4 is 16.0 Å². The number of hydrogen-bond acceptors (Lipinski definition) is 6. The van der Waals surface area contributed by atoms with Crippen molar-refractivity contribution in [1.29, 1.82) is 5.26 Å². The number of nitrogens with zero attached hydrogens (tertiary/aromatic N) is 2. The third-order valence-electron chi connectivity index (χ3n) is 3.79. The number of unbranched alkanes of at least 4 members (excludes halogenated alkanes) is 1. The van der Waals surface area contributed by atoms with E-state index in [9.17, 15) is 4.79 Å². The second-order valence-electron chi connectivity index (χ2n) is 5.79. The molecule has 1 saturated heterocycles. The van der Waals surface area contributed by atoms with Crippen molar-refractivity contribution in [2.75, 3.05) is 59.0 Å². The van der Waals surface area contributed by atoms with Gasteiger partial charge in [-0.1, -0.05) is 13.3 Å². The van der Waals surface area contributed by atoms with Gasteiger partial charge in [0, 0.05) is 65.2 Å². The molecule has 0 saturated carbocycles. The molecule has 24 heavy (non-hydrogen) atoms. The molecule has 0 aromatic carbocycles.